The van der Waals surface area contributed by atoms with Crippen LogP contribution in [0.25, 0.3) is 0 Å². The maximum absolute atomic E-state index is 11.8. The van der Waals surface area contributed by atoms with Crippen LogP contribution in [0, 0.1) is 6.07 Å². The fraction of sp³-hybridized carbons (Fsp3) is 0. The number of pyridine rings is 1. The molecular formula is C12H8NO. The van der Waals surface area contributed by atoms with Crippen molar-refractivity contribution in [3.63, 3.8) is 0 Å². The van der Waals surface area contributed by atoms with Crippen LogP contribution in [-0.4, -0.2) is 10.8 Å². The lowest BCUT2D eigenvalue weighted by molar-refractivity contribution is 0.103. The Morgan fingerprint density at radius 3 is 2.57 bits per heavy atom. The molecule has 1 aromatic heterocycles. The summed E-state index contributed by atoms with van der Waals surface area (Å²) in [5.74, 6) is 0.00394. The minimum atomic E-state index is 0.00394. The van der Waals surface area contributed by atoms with E-state index in [2.05, 4.69) is 11.1 Å². The average Bonchev–Trinajstić information content (AvgIpc) is 2.30. The van der Waals surface area contributed by atoms with Crippen LogP contribution in [0.4, 0.5) is 0 Å². The molecule has 0 fully saturated rings. The fourth-order valence-electron chi connectivity index (χ4n) is 1.20. The molecule has 2 nitrogen and oxygen atoms in total. The lowest BCUT2D eigenvalue weighted by Gasteiger charge is -1.98. The molecule has 0 saturated carbocycles. The van der Waals surface area contributed by atoms with Crippen LogP contribution in [-0.2, 0) is 0 Å². The summed E-state index contributed by atoms with van der Waals surface area (Å²) in [5.41, 5.74) is 1.30. The Kier molecular flexibility index (Phi) is 2.36. The molecule has 0 atom stereocenters. The zero-order valence-corrected chi connectivity index (χ0v) is 7.47. The number of hydrogen-bond donors (Lipinski definition) is 0. The van der Waals surface area contributed by atoms with Crippen molar-refractivity contribution in [1.29, 1.82) is 0 Å². The molecule has 2 aromatic rings. The van der Waals surface area contributed by atoms with Gasteiger partial charge in [0.15, 0.2) is 5.78 Å². The van der Waals surface area contributed by atoms with Crippen molar-refractivity contribution < 1.29 is 4.79 Å². The van der Waals surface area contributed by atoms with E-state index < -0.39 is 0 Å². The van der Waals surface area contributed by atoms with Gasteiger partial charge < -0.3 is 0 Å². The second-order valence-corrected chi connectivity index (χ2v) is 2.86. The van der Waals surface area contributed by atoms with E-state index in [0.29, 0.717) is 11.1 Å². The molecule has 14 heavy (non-hydrogen) atoms. The Labute approximate surface area is 82.2 Å². The van der Waals surface area contributed by atoms with E-state index in [1.54, 1.807) is 48.8 Å². The van der Waals surface area contributed by atoms with Gasteiger partial charge in [0.05, 0.1) is 0 Å². The van der Waals surface area contributed by atoms with Gasteiger partial charge in [-0.15, -0.1) is 0 Å². The summed E-state index contributed by atoms with van der Waals surface area (Å²) in [6.07, 6.45) is 3.22. The van der Waals surface area contributed by atoms with Crippen molar-refractivity contribution in [3.8, 4) is 0 Å². The third-order valence-electron chi connectivity index (χ3n) is 1.91. The van der Waals surface area contributed by atoms with Crippen molar-refractivity contribution in [2.24, 2.45) is 0 Å². The highest BCUT2D eigenvalue weighted by Crippen LogP contribution is 2.07. The summed E-state index contributed by atoms with van der Waals surface area (Å²) in [6, 6.07) is 13.3. The average molecular weight is 182 g/mol. The smallest absolute Gasteiger partial charge is 0.193 e. The van der Waals surface area contributed by atoms with Crippen LogP contribution in [0.1, 0.15) is 15.9 Å². The monoisotopic (exact) mass is 182 g/mol. The summed E-state index contributed by atoms with van der Waals surface area (Å²) in [6.45, 7) is 0. The maximum atomic E-state index is 11.8. The quantitative estimate of drug-likeness (QED) is 0.666. The van der Waals surface area contributed by atoms with E-state index in [-0.39, 0.29) is 5.78 Å². The zero-order chi connectivity index (χ0) is 9.80. The molecule has 2 rings (SSSR count). The Morgan fingerprint density at radius 2 is 1.93 bits per heavy atom. The van der Waals surface area contributed by atoms with Crippen molar-refractivity contribution in [3.05, 3.63) is 66.0 Å². The Bertz CT molecular complexity index is 381. The first-order valence-corrected chi connectivity index (χ1v) is 4.29. The fourth-order valence-corrected chi connectivity index (χ4v) is 1.20. The number of nitrogens with zero attached hydrogens (tertiary/aromatic N) is 1. The van der Waals surface area contributed by atoms with Gasteiger partial charge in [0, 0.05) is 23.5 Å². The minimum absolute atomic E-state index is 0.00394. The van der Waals surface area contributed by atoms with Crippen molar-refractivity contribution in [2.75, 3.05) is 0 Å². The summed E-state index contributed by atoms with van der Waals surface area (Å²) in [4.78, 5) is 15.7. The van der Waals surface area contributed by atoms with Crippen LogP contribution in [0.3, 0.4) is 0 Å². The Hall–Kier alpha value is -1.96. The van der Waals surface area contributed by atoms with E-state index >= 15 is 0 Å². The molecule has 2 heteroatoms. The van der Waals surface area contributed by atoms with Crippen molar-refractivity contribution >= 4 is 5.78 Å². The Morgan fingerprint density at radius 1 is 1.14 bits per heavy atom. The molecule has 0 N–H and O–H groups in total. The SMILES string of the molecule is O=C(c1c[c]ccc1)c1ccncc1. The van der Waals surface area contributed by atoms with E-state index in [4.69, 9.17) is 0 Å². The molecule has 1 aromatic carbocycles. The molecule has 1 radical (unpaired) electrons. The summed E-state index contributed by atoms with van der Waals surface area (Å²) >= 11 is 0. The van der Waals surface area contributed by atoms with Crippen LogP contribution >= 0.6 is 0 Å². The van der Waals surface area contributed by atoms with Crippen LogP contribution < -0.4 is 0 Å². The molecular weight excluding hydrogens is 174 g/mol. The van der Waals surface area contributed by atoms with Gasteiger partial charge in [-0.2, -0.15) is 0 Å². The molecule has 0 unspecified atom stereocenters. The van der Waals surface area contributed by atoms with Gasteiger partial charge in [0.2, 0.25) is 0 Å². The minimum Gasteiger partial charge on any atom is -0.289 e. The third kappa shape index (κ3) is 1.69. The molecule has 0 bridgehead atoms. The van der Waals surface area contributed by atoms with Gasteiger partial charge in [0.25, 0.3) is 0 Å². The molecule has 0 aliphatic rings. The molecule has 0 aliphatic heterocycles. The lowest BCUT2D eigenvalue weighted by atomic mass is 10.1. The number of carbonyl (C=O) groups excluding carboxylic acids is 1. The number of ketones is 1. The van der Waals surface area contributed by atoms with Gasteiger partial charge >= 0.3 is 0 Å². The van der Waals surface area contributed by atoms with Gasteiger partial charge in [-0.3, -0.25) is 9.78 Å². The van der Waals surface area contributed by atoms with Crippen LogP contribution in [0.15, 0.2) is 48.8 Å². The molecule has 0 aliphatic carbocycles. The second kappa shape index (κ2) is 3.83. The van der Waals surface area contributed by atoms with Crippen LogP contribution in [0.5, 0.6) is 0 Å². The lowest BCUT2D eigenvalue weighted by Crippen LogP contribution is -2.00. The summed E-state index contributed by atoms with van der Waals surface area (Å²) in [7, 11) is 0. The number of hydrogen-bond acceptors (Lipinski definition) is 2. The molecule has 67 valence electrons. The van der Waals surface area contributed by atoms with Crippen molar-refractivity contribution in [2.45, 2.75) is 0 Å². The van der Waals surface area contributed by atoms with E-state index in [1.165, 1.54) is 0 Å². The first kappa shape index (κ1) is 8.63. The predicted molar refractivity (Wildman–Crippen MR) is 52.9 cm³/mol. The molecule has 0 saturated heterocycles. The Balaban J connectivity index is 2.35. The molecule has 0 amide bonds. The number of benzene rings is 1. The first-order chi connectivity index (χ1) is 6.88. The number of carbonyl (C=O) groups is 1. The maximum Gasteiger partial charge on any atom is 0.193 e. The molecule has 1 heterocycles. The summed E-state index contributed by atoms with van der Waals surface area (Å²) in [5, 5.41) is 0. The highest BCUT2D eigenvalue weighted by molar-refractivity contribution is 6.08. The largest absolute Gasteiger partial charge is 0.289 e. The van der Waals surface area contributed by atoms with Crippen LogP contribution in [0.2, 0.25) is 0 Å². The first-order valence-electron chi connectivity index (χ1n) is 4.29. The predicted octanol–water partition coefficient (Wildman–Crippen LogP) is 2.11. The van der Waals surface area contributed by atoms with Gasteiger partial charge in [-0.1, -0.05) is 18.2 Å². The molecule has 0 spiro atoms. The number of rotatable bonds is 2. The van der Waals surface area contributed by atoms with E-state index in [1.807, 2.05) is 0 Å². The third-order valence-corrected chi connectivity index (χ3v) is 1.91. The van der Waals surface area contributed by atoms with Gasteiger partial charge in [-0.05, 0) is 24.3 Å². The zero-order valence-electron chi connectivity index (χ0n) is 7.47. The van der Waals surface area contributed by atoms with Gasteiger partial charge in [-0.25, -0.2) is 0 Å². The van der Waals surface area contributed by atoms with E-state index in [0.717, 1.165) is 0 Å². The van der Waals surface area contributed by atoms with E-state index in [9.17, 15) is 4.79 Å². The van der Waals surface area contributed by atoms with Gasteiger partial charge in [0.1, 0.15) is 0 Å². The summed E-state index contributed by atoms with van der Waals surface area (Å²) < 4.78 is 0. The second-order valence-electron chi connectivity index (χ2n) is 2.86. The highest BCUT2D eigenvalue weighted by Gasteiger charge is 2.06. The normalized spacial score (nSPS) is 9.71. The standard InChI is InChI=1S/C12H8NO/c14-12(10-4-2-1-3-5-10)11-6-8-13-9-7-11/h1-2,4-9H. The highest BCUT2D eigenvalue weighted by atomic mass is 16.1. The topological polar surface area (TPSA) is 30.0 Å². The number of aromatic nitrogens is 1. The van der Waals surface area contributed by atoms with Crippen molar-refractivity contribution in [1.82, 2.24) is 4.98 Å².